The summed E-state index contributed by atoms with van der Waals surface area (Å²) in [5, 5.41) is 0. The Bertz CT molecular complexity index is 349. The van der Waals surface area contributed by atoms with E-state index >= 15 is 0 Å². The Morgan fingerprint density at radius 2 is 1.69 bits per heavy atom. The maximum atomic E-state index is 12.6. The van der Waals surface area contributed by atoms with Gasteiger partial charge in [0.15, 0.2) is 5.78 Å². The first-order chi connectivity index (χ1) is 6.00. The maximum Gasteiger partial charge on any atom is 0.188 e. The number of hydrogen-bond donors (Lipinski definition) is 0. The number of benzene rings is 1. The highest BCUT2D eigenvalue weighted by Crippen LogP contribution is 2.11. The summed E-state index contributed by atoms with van der Waals surface area (Å²) in [6.07, 6.45) is 0. The lowest BCUT2D eigenvalue weighted by Gasteiger charge is -1.99. The Hall–Kier alpha value is -1.51. The van der Waals surface area contributed by atoms with Crippen LogP contribution in [0.1, 0.15) is 17.3 Å². The van der Waals surface area contributed by atoms with Crippen LogP contribution >= 0.6 is 0 Å². The molecular formula is C10H8F2O. The summed E-state index contributed by atoms with van der Waals surface area (Å²) in [5.74, 6) is -1.97. The van der Waals surface area contributed by atoms with Crippen molar-refractivity contribution in [3.8, 4) is 0 Å². The van der Waals surface area contributed by atoms with Crippen LogP contribution in [0.3, 0.4) is 0 Å². The van der Waals surface area contributed by atoms with Gasteiger partial charge in [-0.15, -0.1) is 0 Å². The molecule has 0 N–H and O–H groups in total. The summed E-state index contributed by atoms with van der Waals surface area (Å²) in [4.78, 5) is 11.2. The van der Waals surface area contributed by atoms with Gasteiger partial charge < -0.3 is 0 Å². The molecule has 0 bridgehead atoms. The second-order valence-electron chi connectivity index (χ2n) is 2.77. The van der Waals surface area contributed by atoms with Crippen LogP contribution in [0, 0.1) is 11.6 Å². The Kier molecular flexibility index (Phi) is 2.56. The Labute approximate surface area is 74.7 Å². The number of Topliss-reactive ketones (excluding diaryl/α,β-unsaturated/α-hetero) is 1. The largest absolute Gasteiger partial charge is 0.289 e. The standard InChI is InChI=1S/C10H8F2O/c1-6(2)10(13)7-3-8(11)5-9(12)4-7/h3-5H,1H2,2H3. The van der Waals surface area contributed by atoms with Gasteiger partial charge in [-0.05, 0) is 24.6 Å². The van der Waals surface area contributed by atoms with Gasteiger partial charge in [0.25, 0.3) is 0 Å². The van der Waals surface area contributed by atoms with Gasteiger partial charge in [0.05, 0.1) is 0 Å². The van der Waals surface area contributed by atoms with Crippen LogP contribution in [-0.4, -0.2) is 5.78 Å². The predicted octanol–water partition coefficient (Wildman–Crippen LogP) is 2.72. The van der Waals surface area contributed by atoms with Crippen LogP contribution < -0.4 is 0 Å². The van der Waals surface area contributed by atoms with Crippen molar-refractivity contribution in [1.29, 1.82) is 0 Å². The van der Waals surface area contributed by atoms with Crippen molar-refractivity contribution < 1.29 is 13.6 Å². The number of halogens is 2. The number of hydrogen-bond acceptors (Lipinski definition) is 1. The van der Waals surface area contributed by atoms with E-state index in [2.05, 4.69) is 6.58 Å². The second kappa shape index (κ2) is 3.47. The predicted molar refractivity (Wildman–Crippen MR) is 45.5 cm³/mol. The quantitative estimate of drug-likeness (QED) is 0.507. The molecule has 1 nitrogen and oxygen atoms in total. The molecule has 0 aliphatic rings. The molecule has 68 valence electrons. The molecule has 13 heavy (non-hydrogen) atoms. The van der Waals surface area contributed by atoms with Crippen LogP contribution in [0.25, 0.3) is 0 Å². The first kappa shape index (κ1) is 9.58. The molecule has 0 heterocycles. The summed E-state index contributed by atoms with van der Waals surface area (Å²) in [6, 6.07) is 2.69. The van der Waals surface area contributed by atoms with E-state index in [1.54, 1.807) is 0 Å². The van der Waals surface area contributed by atoms with Crippen molar-refractivity contribution in [2.75, 3.05) is 0 Å². The smallest absolute Gasteiger partial charge is 0.188 e. The van der Waals surface area contributed by atoms with Crippen LogP contribution in [0.5, 0.6) is 0 Å². The Morgan fingerprint density at radius 3 is 2.08 bits per heavy atom. The van der Waals surface area contributed by atoms with Gasteiger partial charge in [-0.2, -0.15) is 0 Å². The minimum absolute atomic E-state index is 0.00926. The Balaban J connectivity index is 3.15. The zero-order valence-corrected chi connectivity index (χ0v) is 7.10. The molecule has 3 heteroatoms. The number of carbonyl (C=O) groups is 1. The van der Waals surface area contributed by atoms with Crippen LogP contribution in [-0.2, 0) is 0 Å². The van der Waals surface area contributed by atoms with Crippen molar-refractivity contribution in [2.24, 2.45) is 0 Å². The van der Waals surface area contributed by atoms with E-state index in [-0.39, 0.29) is 11.1 Å². The van der Waals surface area contributed by atoms with Crippen LogP contribution in [0.2, 0.25) is 0 Å². The summed E-state index contributed by atoms with van der Waals surface area (Å²) in [5.41, 5.74) is 0.245. The first-order valence-electron chi connectivity index (χ1n) is 3.67. The van der Waals surface area contributed by atoms with E-state index in [0.29, 0.717) is 0 Å². The molecule has 1 rings (SSSR count). The zero-order chi connectivity index (χ0) is 10.0. The summed E-state index contributed by atoms with van der Waals surface area (Å²) >= 11 is 0. The average molecular weight is 182 g/mol. The molecule has 0 atom stereocenters. The minimum Gasteiger partial charge on any atom is -0.289 e. The fraction of sp³-hybridized carbons (Fsp3) is 0.100. The van der Waals surface area contributed by atoms with E-state index in [4.69, 9.17) is 0 Å². The highest BCUT2D eigenvalue weighted by Gasteiger charge is 2.09. The number of allylic oxidation sites excluding steroid dienone is 1. The molecule has 0 aliphatic heterocycles. The first-order valence-corrected chi connectivity index (χ1v) is 3.67. The topological polar surface area (TPSA) is 17.1 Å². The van der Waals surface area contributed by atoms with Crippen LogP contribution in [0.4, 0.5) is 8.78 Å². The zero-order valence-electron chi connectivity index (χ0n) is 7.10. The molecular weight excluding hydrogens is 174 g/mol. The fourth-order valence-electron chi connectivity index (χ4n) is 0.931. The van der Waals surface area contributed by atoms with Gasteiger partial charge in [-0.1, -0.05) is 6.58 Å². The normalized spacial score (nSPS) is 9.77. The lowest BCUT2D eigenvalue weighted by Crippen LogP contribution is -2.00. The molecule has 0 fully saturated rings. The lowest BCUT2D eigenvalue weighted by atomic mass is 10.1. The molecule has 0 saturated heterocycles. The minimum atomic E-state index is -0.760. The highest BCUT2D eigenvalue weighted by molar-refractivity contribution is 6.07. The van der Waals surface area contributed by atoms with E-state index in [1.165, 1.54) is 6.92 Å². The third-order valence-corrected chi connectivity index (χ3v) is 1.51. The number of rotatable bonds is 2. The van der Waals surface area contributed by atoms with Crippen molar-refractivity contribution in [3.63, 3.8) is 0 Å². The van der Waals surface area contributed by atoms with Gasteiger partial charge in [0.1, 0.15) is 11.6 Å². The molecule has 0 radical (unpaired) electrons. The summed E-state index contributed by atoms with van der Waals surface area (Å²) in [7, 11) is 0. The van der Waals surface area contributed by atoms with E-state index < -0.39 is 17.4 Å². The SMILES string of the molecule is C=C(C)C(=O)c1cc(F)cc(F)c1. The van der Waals surface area contributed by atoms with E-state index in [0.717, 1.165) is 18.2 Å². The fourth-order valence-corrected chi connectivity index (χ4v) is 0.931. The Morgan fingerprint density at radius 1 is 1.23 bits per heavy atom. The summed E-state index contributed by atoms with van der Waals surface area (Å²) in [6.45, 7) is 4.89. The third-order valence-electron chi connectivity index (χ3n) is 1.51. The van der Waals surface area contributed by atoms with Crippen molar-refractivity contribution >= 4 is 5.78 Å². The second-order valence-corrected chi connectivity index (χ2v) is 2.77. The molecule has 1 aromatic rings. The van der Waals surface area contributed by atoms with Crippen molar-refractivity contribution in [3.05, 3.63) is 47.5 Å². The van der Waals surface area contributed by atoms with Crippen LogP contribution in [0.15, 0.2) is 30.4 Å². The molecule has 0 spiro atoms. The molecule has 0 aliphatic carbocycles. The third kappa shape index (κ3) is 2.21. The average Bonchev–Trinajstić information content (AvgIpc) is 2.01. The van der Waals surface area contributed by atoms with Gasteiger partial charge in [0.2, 0.25) is 0 Å². The molecule has 1 aromatic carbocycles. The molecule has 0 unspecified atom stereocenters. The molecule has 0 aromatic heterocycles. The van der Waals surface area contributed by atoms with Gasteiger partial charge in [-0.25, -0.2) is 8.78 Å². The maximum absolute atomic E-state index is 12.6. The van der Waals surface area contributed by atoms with Crippen molar-refractivity contribution in [2.45, 2.75) is 6.92 Å². The van der Waals surface area contributed by atoms with Crippen molar-refractivity contribution in [1.82, 2.24) is 0 Å². The van der Waals surface area contributed by atoms with E-state index in [1.807, 2.05) is 0 Å². The highest BCUT2D eigenvalue weighted by atomic mass is 19.1. The van der Waals surface area contributed by atoms with Gasteiger partial charge in [0, 0.05) is 11.6 Å². The molecule has 0 saturated carbocycles. The van der Waals surface area contributed by atoms with E-state index in [9.17, 15) is 13.6 Å². The van der Waals surface area contributed by atoms with Gasteiger partial charge >= 0.3 is 0 Å². The number of ketones is 1. The molecule has 0 amide bonds. The lowest BCUT2D eigenvalue weighted by molar-refractivity contribution is 0.103. The van der Waals surface area contributed by atoms with Gasteiger partial charge in [-0.3, -0.25) is 4.79 Å². The summed E-state index contributed by atoms with van der Waals surface area (Å²) < 4.78 is 25.3. The number of carbonyl (C=O) groups excluding carboxylic acids is 1. The monoisotopic (exact) mass is 182 g/mol.